The van der Waals surface area contributed by atoms with Crippen molar-refractivity contribution < 1.29 is 9.53 Å². The van der Waals surface area contributed by atoms with E-state index >= 15 is 0 Å². The summed E-state index contributed by atoms with van der Waals surface area (Å²) in [5, 5.41) is 0. The van der Waals surface area contributed by atoms with E-state index in [1.807, 2.05) is 33.8 Å². The highest BCUT2D eigenvalue weighted by molar-refractivity contribution is 9.11. The lowest BCUT2D eigenvalue weighted by atomic mass is 9.83. The first-order valence-electron chi connectivity index (χ1n) is 6.18. The van der Waals surface area contributed by atoms with Gasteiger partial charge in [0, 0.05) is 15.1 Å². The fraction of sp³-hybridized carbons (Fsp3) is 0.571. The number of carbonyl (C=O) groups excluding carboxylic acids is 1. The summed E-state index contributed by atoms with van der Waals surface area (Å²) < 4.78 is 7.54. The Hall–Kier alpha value is -0.260. The second-order valence-electron chi connectivity index (χ2n) is 6.07. The van der Waals surface area contributed by atoms with Crippen molar-refractivity contribution in [2.24, 2.45) is 5.92 Å². The number of ether oxygens (including phenoxy) is 1. The third-order valence-corrected chi connectivity index (χ3v) is 4.47. The predicted octanol–water partition coefficient (Wildman–Crippen LogP) is 4.38. The number of ketones is 1. The van der Waals surface area contributed by atoms with Gasteiger partial charge in [-0.15, -0.1) is 0 Å². The van der Waals surface area contributed by atoms with E-state index in [1.54, 1.807) is 6.20 Å². The third-order valence-electron chi connectivity index (χ3n) is 3.43. The molecule has 1 saturated heterocycles. The number of pyridine rings is 1. The Morgan fingerprint density at radius 3 is 2.47 bits per heavy atom. The maximum Gasteiger partial charge on any atom is 0.188 e. The van der Waals surface area contributed by atoms with E-state index in [9.17, 15) is 4.79 Å². The summed E-state index contributed by atoms with van der Waals surface area (Å²) in [7, 11) is 0. The van der Waals surface area contributed by atoms with Gasteiger partial charge in [-0.25, -0.2) is 0 Å². The fourth-order valence-corrected chi connectivity index (χ4v) is 3.91. The second kappa shape index (κ2) is 4.93. The molecule has 0 aliphatic carbocycles. The number of aromatic nitrogens is 1. The summed E-state index contributed by atoms with van der Waals surface area (Å²) >= 11 is 6.75. The molecule has 104 valence electrons. The SMILES string of the molecule is CC1(C)CC(C(=O)c2ncc(Br)cc2Br)C(C)(C)O1. The predicted molar refractivity (Wildman–Crippen MR) is 81.3 cm³/mol. The highest BCUT2D eigenvalue weighted by Crippen LogP contribution is 2.43. The minimum atomic E-state index is -0.464. The normalized spacial score (nSPS) is 24.4. The summed E-state index contributed by atoms with van der Waals surface area (Å²) in [6.45, 7) is 7.98. The molecule has 1 aromatic rings. The van der Waals surface area contributed by atoms with Crippen molar-refractivity contribution in [2.45, 2.75) is 45.3 Å². The Balaban J connectivity index is 2.34. The number of hydrogen-bond donors (Lipinski definition) is 0. The topological polar surface area (TPSA) is 39.2 Å². The van der Waals surface area contributed by atoms with Crippen LogP contribution < -0.4 is 0 Å². The van der Waals surface area contributed by atoms with Gasteiger partial charge in [-0.3, -0.25) is 9.78 Å². The molecule has 2 rings (SSSR count). The van der Waals surface area contributed by atoms with Crippen LogP contribution in [-0.2, 0) is 4.74 Å². The van der Waals surface area contributed by atoms with Crippen LogP contribution in [0.25, 0.3) is 0 Å². The summed E-state index contributed by atoms with van der Waals surface area (Å²) in [6.07, 6.45) is 2.36. The molecule has 19 heavy (non-hydrogen) atoms. The second-order valence-corrected chi connectivity index (χ2v) is 7.84. The Morgan fingerprint density at radius 1 is 1.37 bits per heavy atom. The Labute approximate surface area is 130 Å². The largest absolute Gasteiger partial charge is 0.369 e. The highest BCUT2D eigenvalue weighted by atomic mass is 79.9. The van der Waals surface area contributed by atoms with Crippen molar-refractivity contribution in [3.63, 3.8) is 0 Å². The molecule has 1 atom stereocenters. The van der Waals surface area contributed by atoms with E-state index in [2.05, 4.69) is 36.8 Å². The monoisotopic (exact) mass is 389 g/mol. The highest BCUT2D eigenvalue weighted by Gasteiger charge is 2.49. The summed E-state index contributed by atoms with van der Waals surface area (Å²) in [5.41, 5.74) is -0.261. The molecular weight excluding hydrogens is 374 g/mol. The van der Waals surface area contributed by atoms with Crippen LogP contribution in [-0.4, -0.2) is 22.0 Å². The first-order chi connectivity index (χ1) is 8.62. The standard InChI is InChI=1S/C14H17Br2NO2/c1-13(2)6-9(14(3,4)19-13)12(18)11-10(16)5-8(15)7-17-11/h5,7,9H,6H2,1-4H3. The van der Waals surface area contributed by atoms with E-state index in [0.717, 1.165) is 4.47 Å². The van der Waals surface area contributed by atoms with E-state index in [-0.39, 0.29) is 17.3 Å². The Morgan fingerprint density at radius 2 is 2.00 bits per heavy atom. The third kappa shape index (κ3) is 3.09. The number of halogens is 2. The summed E-state index contributed by atoms with van der Waals surface area (Å²) in [6, 6.07) is 1.84. The lowest BCUT2D eigenvalue weighted by Gasteiger charge is -2.26. The zero-order valence-electron chi connectivity index (χ0n) is 11.5. The zero-order chi connectivity index (χ0) is 14.4. The van der Waals surface area contributed by atoms with Gasteiger partial charge in [0.2, 0.25) is 0 Å². The van der Waals surface area contributed by atoms with Crippen molar-refractivity contribution in [3.8, 4) is 0 Å². The van der Waals surface area contributed by atoms with Crippen molar-refractivity contribution in [1.82, 2.24) is 4.98 Å². The van der Waals surface area contributed by atoms with Gasteiger partial charge in [0.25, 0.3) is 0 Å². The first-order valence-corrected chi connectivity index (χ1v) is 7.76. The Bertz CT molecular complexity index is 526. The van der Waals surface area contributed by atoms with Gasteiger partial charge in [-0.05, 0) is 72.0 Å². The van der Waals surface area contributed by atoms with E-state index < -0.39 is 5.60 Å². The molecule has 0 aromatic carbocycles. The lowest BCUT2D eigenvalue weighted by Crippen LogP contribution is -2.34. The van der Waals surface area contributed by atoms with Crippen LogP contribution in [0.1, 0.15) is 44.6 Å². The number of carbonyl (C=O) groups is 1. The molecule has 3 nitrogen and oxygen atoms in total. The fourth-order valence-electron chi connectivity index (χ4n) is 2.73. The molecular formula is C14H17Br2NO2. The van der Waals surface area contributed by atoms with Crippen LogP contribution in [0.2, 0.25) is 0 Å². The number of rotatable bonds is 2. The number of nitrogens with zero attached hydrogens (tertiary/aromatic N) is 1. The number of hydrogen-bond acceptors (Lipinski definition) is 3. The zero-order valence-corrected chi connectivity index (χ0v) is 14.6. The molecule has 0 N–H and O–H groups in total. The van der Waals surface area contributed by atoms with Gasteiger partial charge in [0.05, 0.1) is 17.1 Å². The number of Topliss-reactive ketones (excluding diaryl/α,β-unsaturated/α-hetero) is 1. The molecule has 0 radical (unpaired) electrons. The van der Waals surface area contributed by atoms with Crippen LogP contribution >= 0.6 is 31.9 Å². The van der Waals surface area contributed by atoms with Gasteiger partial charge in [-0.2, -0.15) is 0 Å². The maximum absolute atomic E-state index is 12.7. The van der Waals surface area contributed by atoms with Crippen LogP contribution in [0.15, 0.2) is 21.2 Å². The molecule has 0 saturated carbocycles. The van der Waals surface area contributed by atoms with Gasteiger partial charge in [0.1, 0.15) is 5.69 Å². The van der Waals surface area contributed by atoms with Crippen LogP contribution in [0.4, 0.5) is 0 Å². The lowest BCUT2D eigenvalue weighted by molar-refractivity contribution is -0.0712. The summed E-state index contributed by atoms with van der Waals surface area (Å²) in [4.78, 5) is 16.9. The van der Waals surface area contributed by atoms with Crippen LogP contribution in [0, 0.1) is 5.92 Å². The maximum atomic E-state index is 12.7. The van der Waals surface area contributed by atoms with Crippen molar-refractivity contribution in [3.05, 3.63) is 26.9 Å². The molecule has 5 heteroatoms. The molecule has 1 aliphatic rings. The van der Waals surface area contributed by atoms with Crippen molar-refractivity contribution >= 4 is 37.6 Å². The average molecular weight is 391 g/mol. The van der Waals surface area contributed by atoms with Gasteiger partial charge in [-0.1, -0.05) is 0 Å². The van der Waals surface area contributed by atoms with E-state index in [1.165, 1.54) is 0 Å². The molecule has 2 heterocycles. The minimum absolute atomic E-state index is 0.0370. The minimum Gasteiger partial charge on any atom is -0.369 e. The molecule has 1 aliphatic heterocycles. The Kier molecular flexibility index (Phi) is 3.93. The van der Waals surface area contributed by atoms with Gasteiger partial charge >= 0.3 is 0 Å². The van der Waals surface area contributed by atoms with Crippen LogP contribution in [0.5, 0.6) is 0 Å². The molecule has 1 aromatic heterocycles. The molecule has 0 amide bonds. The van der Waals surface area contributed by atoms with Crippen molar-refractivity contribution in [2.75, 3.05) is 0 Å². The van der Waals surface area contributed by atoms with Gasteiger partial charge in [0.15, 0.2) is 5.78 Å². The first kappa shape index (κ1) is 15.1. The quantitative estimate of drug-likeness (QED) is 0.703. The average Bonchev–Trinajstić information content (AvgIpc) is 2.45. The van der Waals surface area contributed by atoms with E-state index in [0.29, 0.717) is 16.6 Å². The molecule has 1 unspecified atom stereocenters. The smallest absolute Gasteiger partial charge is 0.188 e. The van der Waals surface area contributed by atoms with Crippen LogP contribution in [0.3, 0.4) is 0 Å². The summed E-state index contributed by atoms with van der Waals surface area (Å²) in [5.74, 6) is -0.137. The van der Waals surface area contributed by atoms with Gasteiger partial charge < -0.3 is 4.74 Å². The molecule has 0 spiro atoms. The van der Waals surface area contributed by atoms with E-state index in [4.69, 9.17) is 4.74 Å². The molecule has 0 bridgehead atoms. The molecule has 1 fully saturated rings. The van der Waals surface area contributed by atoms with Crippen molar-refractivity contribution in [1.29, 1.82) is 0 Å².